The van der Waals surface area contributed by atoms with Crippen LogP contribution in [-0.4, -0.2) is 33.0 Å². The van der Waals surface area contributed by atoms with Crippen LogP contribution in [0.4, 0.5) is 23.7 Å². The van der Waals surface area contributed by atoms with Gasteiger partial charge in [-0.25, -0.2) is 17.9 Å². The van der Waals surface area contributed by atoms with Crippen LogP contribution in [0.15, 0.2) is 64.6 Å². The molecule has 11 heteroatoms. The Morgan fingerprint density at radius 1 is 1.16 bits per heavy atom. The van der Waals surface area contributed by atoms with Gasteiger partial charge in [0, 0.05) is 6.42 Å². The van der Waals surface area contributed by atoms with Crippen molar-refractivity contribution in [1.29, 1.82) is 0 Å². The van der Waals surface area contributed by atoms with Gasteiger partial charge in [-0.15, -0.1) is 0 Å². The number of benzene rings is 2. The number of halogens is 3. The Morgan fingerprint density at radius 2 is 1.81 bits per heavy atom. The summed E-state index contributed by atoms with van der Waals surface area (Å²) in [6.45, 7) is 1.99. The van der Waals surface area contributed by atoms with Crippen LogP contribution in [0.2, 0.25) is 0 Å². The van der Waals surface area contributed by atoms with Crippen LogP contribution >= 0.6 is 0 Å². The maximum absolute atomic E-state index is 13.3. The highest BCUT2D eigenvalue weighted by Crippen LogP contribution is 2.39. The molecule has 3 rings (SSSR count). The minimum atomic E-state index is -4.58. The van der Waals surface area contributed by atoms with Crippen LogP contribution in [0.25, 0.3) is 0 Å². The van der Waals surface area contributed by atoms with Gasteiger partial charge in [-0.1, -0.05) is 43.7 Å². The number of rotatable bonds is 7. The predicted octanol–water partition coefficient (Wildman–Crippen LogP) is 4.77. The number of sulfonamides is 1. The Labute approximate surface area is 183 Å². The molecule has 1 aliphatic rings. The molecule has 7 nitrogen and oxygen atoms in total. The summed E-state index contributed by atoms with van der Waals surface area (Å²) in [5.41, 5.74) is 0.00538. The number of hydrazone groups is 1. The molecule has 1 N–H and O–H groups in total. The van der Waals surface area contributed by atoms with Crippen molar-refractivity contribution in [3.05, 3.63) is 60.2 Å². The second-order valence-electron chi connectivity index (χ2n) is 7.11. The van der Waals surface area contributed by atoms with Gasteiger partial charge >= 0.3 is 12.3 Å². The van der Waals surface area contributed by atoms with Crippen LogP contribution < -0.4 is 9.73 Å². The Kier molecular flexibility index (Phi) is 7.07. The SMILES string of the molecule is CCCCOC(=O)NS(=O)(=O)c1ccc(C2CC(C(F)(F)F)=NN2c2ccccc2)cc1. The van der Waals surface area contributed by atoms with Crippen LogP contribution in [0.5, 0.6) is 0 Å². The molecule has 0 aromatic heterocycles. The number of carbonyl (C=O) groups excluding carboxylic acids is 1. The molecule has 0 aliphatic carbocycles. The summed E-state index contributed by atoms with van der Waals surface area (Å²) in [6, 6.07) is 12.9. The van der Waals surface area contributed by atoms with Crippen molar-refractivity contribution in [2.45, 2.75) is 43.3 Å². The number of amides is 1. The first-order valence-electron chi connectivity index (χ1n) is 9.90. The molecule has 1 amide bonds. The fraction of sp³-hybridized carbons (Fsp3) is 0.333. The molecular formula is C21H22F3N3O4S. The number of anilines is 1. The molecule has 0 saturated carbocycles. The van der Waals surface area contributed by atoms with Gasteiger partial charge in [0.2, 0.25) is 0 Å². The van der Waals surface area contributed by atoms with Crippen molar-refractivity contribution < 1.29 is 31.1 Å². The van der Waals surface area contributed by atoms with Crippen molar-refractivity contribution in [3.8, 4) is 0 Å². The average Bonchev–Trinajstić information content (AvgIpc) is 3.20. The minimum Gasteiger partial charge on any atom is -0.449 e. The van der Waals surface area contributed by atoms with Gasteiger partial charge < -0.3 is 4.74 Å². The molecule has 0 spiro atoms. The summed E-state index contributed by atoms with van der Waals surface area (Å²) >= 11 is 0. The lowest BCUT2D eigenvalue weighted by molar-refractivity contribution is -0.0600. The molecule has 32 heavy (non-hydrogen) atoms. The van der Waals surface area contributed by atoms with E-state index in [0.29, 0.717) is 17.7 Å². The van der Waals surface area contributed by atoms with E-state index in [1.807, 2.05) is 11.6 Å². The number of hydrogen-bond donors (Lipinski definition) is 1. The van der Waals surface area contributed by atoms with Crippen molar-refractivity contribution in [3.63, 3.8) is 0 Å². The van der Waals surface area contributed by atoms with Gasteiger partial charge in [0.1, 0.15) is 5.71 Å². The maximum atomic E-state index is 13.3. The Bertz CT molecular complexity index is 1070. The summed E-state index contributed by atoms with van der Waals surface area (Å²) < 4.78 is 71.3. The first kappa shape index (κ1) is 23.6. The molecule has 1 unspecified atom stereocenters. The standard InChI is InChI=1S/C21H22F3N3O4S/c1-2-3-13-31-20(28)26-32(29,30)17-11-9-15(10-12-17)18-14-19(21(22,23)24)25-27(18)16-7-5-4-6-8-16/h4-12,18H,2-3,13-14H2,1H3,(H,26,28). The number of unbranched alkanes of at least 4 members (excludes halogenated alkanes) is 1. The number of alkyl halides is 3. The lowest BCUT2D eigenvalue weighted by atomic mass is 10.0. The van der Waals surface area contributed by atoms with Gasteiger partial charge in [0.15, 0.2) is 0 Å². The number of nitrogens with zero attached hydrogens (tertiary/aromatic N) is 2. The molecule has 2 aromatic carbocycles. The van der Waals surface area contributed by atoms with Crippen molar-refractivity contribution >= 4 is 27.5 Å². The van der Waals surface area contributed by atoms with E-state index in [4.69, 9.17) is 4.74 Å². The van der Waals surface area contributed by atoms with Gasteiger partial charge in [-0.05, 0) is 36.2 Å². The van der Waals surface area contributed by atoms with E-state index in [-0.39, 0.29) is 17.9 Å². The van der Waals surface area contributed by atoms with E-state index >= 15 is 0 Å². The lowest BCUT2D eigenvalue weighted by Gasteiger charge is -2.24. The Balaban J connectivity index is 1.80. The first-order chi connectivity index (χ1) is 15.1. The van der Waals surface area contributed by atoms with E-state index < -0.39 is 34.0 Å². The third kappa shape index (κ3) is 5.58. The lowest BCUT2D eigenvalue weighted by Crippen LogP contribution is -2.31. The largest absolute Gasteiger partial charge is 0.449 e. The zero-order chi connectivity index (χ0) is 23.4. The number of nitrogens with one attached hydrogen (secondary N) is 1. The molecule has 0 fully saturated rings. The molecule has 2 aromatic rings. The third-order valence-electron chi connectivity index (χ3n) is 4.78. The Hall–Kier alpha value is -3.08. The molecular weight excluding hydrogens is 447 g/mol. The zero-order valence-electron chi connectivity index (χ0n) is 17.2. The summed E-state index contributed by atoms with van der Waals surface area (Å²) in [6.07, 6.45) is -4.66. The fourth-order valence-corrected chi connectivity index (χ4v) is 4.03. The van der Waals surface area contributed by atoms with E-state index in [1.165, 1.54) is 29.3 Å². The van der Waals surface area contributed by atoms with Crippen LogP contribution in [0, 0.1) is 0 Å². The number of ether oxygens (including phenoxy) is 1. The molecule has 0 bridgehead atoms. The quantitative estimate of drug-likeness (QED) is 0.590. The monoisotopic (exact) mass is 469 g/mol. The molecule has 1 heterocycles. The van der Waals surface area contributed by atoms with E-state index in [1.54, 1.807) is 30.3 Å². The second-order valence-corrected chi connectivity index (χ2v) is 8.79. The number of hydrogen-bond acceptors (Lipinski definition) is 6. The van der Waals surface area contributed by atoms with E-state index in [9.17, 15) is 26.4 Å². The highest BCUT2D eigenvalue weighted by molar-refractivity contribution is 7.90. The molecule has 172 valence electrons. The van der Waals surface area contributed by atoms with Gasteiger partial charge in [0.25, 0.3) is 10.0 Å². The smallest absolute Gasteiger partial charge is 0.431 e. The van der Waals surface area contributed by atoms with Gasteiger partial charge in [-0.3, -0.25) is 5.01 Å². The van der Waals surface area contributed by atoms with Crippen molar-refractivity contribution in [2.75, 3.05) is 11.6 Å². The summed E-state index contributed by atoms with van der Waals surface area (Å²) in [7, 11) is -4.18. The normalized spacial score (nSPS) is 16.6. The highest BCUT2D eigenvalue weighted by atomic mass is 32.2. The molecule has 0 saturated heterocycles. The van der Waals surface area contributed by atoms with Crippen molar-refractivity contribution in [1.82, 2.24) is 4.72 Å². The van der Waals surface area contributed by atoms with Crippen LogP contribution in [0.1, 0.15) is 37.8 Å². The van der Waals surface area contributed by atoms with Crippen LogP contribution in [0.3, 0.4) is 0 Å². The first-order valence-corrected chi connectivity index (χ1v) is 11.4. The predicted molar refractivity (Wildman–Crippen MR) is 113 cm³/mol. The number of carbonyl (C=O) groups is 1. The number of para-hydroxylation sites is 1. The molecule has 1 atom stereocenters. The second kappa shape index (κ2) is 9.60. The van der Waals surface area contributed by atoms with E-state index in [0.717, 1.165) is 6.42 Å². The maximum Gasteiger partial charge on any atom is 0.431 e. The van der Waals surface area contributed by atoms with Crippen molar-refractivity contribution in [2.24, 2.45) is 5.10 Å². The minimum absolute atomic E-state index is 0.0926. The van der Waals surface area contributed by atoms with E-state index in [2.05, 4.69) is 5.10 Å². The topological polar surface area (TPSA) is 88.1 Å². The van der Waals surface area contributed by atoms with Crippen LogP contribution in [-0.2, 0) is 14.8 Å². The third-order valence-corrected chi connectivity index (χ3v) is 6.11. The average molecular weight is 469 g/mol. The fourth-order valence-electron chi connectivity index (χ4n) is 3.14. The van der Waals surface area contributed by atoms with Gasteiger partial charge in [0.05, 0.1) is 23.2 Å². The molecule has 0 radical (unpaired) electrons. The zero-order valence-corrected chi connectivity index (χ0v) is 18.0. The summed E-state index contributed by atoms with van der Waals surface area (Å²) in [5.74, 6) is 0. The highest BCUT2D eigenvalue weighted by Gasteiger charge is 2.43. The summed E-state index contributed by atoms with van der Waals surface area (Å²) in [5, 5.41) is 5.04. The Morgan fingerprint density at radius 3 is 2.41 bits per heavy atom. The molecule has 1 aliphatic heterocycles. The van der Waals surface area contributed by atoms with Gasteiger partial charge in [-0.2, -0.15) is 18.3 Å². The summed E-state index contributed by atoms with van der Waals surface area (Å²) in [4.78, 5) is 11.5.